The van der Waals surface area contributed by atoms with Crippen molar-refractivity contribution < 1.29 is 14.6 Å². The minimum atomic E-state index is -0.957. The molecule has 5 rings (SSSR count). The molecule has 0 radical (unpaired) electrons. The average molecular weight is 493 g/mol. The lowest BCUT2D eigenvalue weighted by Crippen LogP contribution is -2.43. The number of hydrogen-bond acceptors (Lipinski definition) is 5. The molecule has 2 aromatic carbocycles. The molecular formula is C29H40N4O3. The number of carbonyl (C=O) groups is 1. The van der Waals surface area contributed by atoms with Gasteiger partial charge in [-0.2, -0.15) is 0 Å². The zero-order chi connectivity index (χ0) is 25.3. The van der Waals surface area contributed by atoms with E-state index in [0.29, 0.717) is 6.04 Å². The number of hydrogen-bond donors (Lipinski definition) is 3. The Morgan fingerprint density at radius 1 is 0.972 bits per heavy atom. The summed E-state index contributed by atoms with van der Waals surface area (Å²) in [5, 5.41) is 9.97. The van der Waals surface area contributed by atoms with Crippen LogP contribution < -0.4 is 10.5 Å². The zero-order valence-corrected chi connectivity index (χ0v) is 21.4. The molecule has 2 aliphatic rings. The van der Waals surface area contributed by atoms with Gasteiger partial charge in [0.25, 0.3) is 0 Å². The molecule has 0 bridgehead atoms. The number of methoxy groups -OCH3 is 1. The fraction of sp³-hybridized carbons (Fsp3) is 0.483. The van der Waals surface area contributed by atoms with Crippen LogP contribution in [0.3, 0.4) is 0 Å². The Kier molecular flexibility index (Phi) is 9.39. The van der Waals surface area contributed by atoms with Crippen molar-refractivity contribution in [2.75, 3.05) is 46.4 Å². The lowest BCUT2D eigenvalue weighted by molar-refractivity contribution is 0.0691. The molecule has 36 heavy (non-hydrogen) atoms. The molecule has 0 amide bonds. The minimum absolute atomic E-state index is 0.195. The summed E-state index contributed by atoms with van der Waals surface area (Å²) in [4.78, 5) is 19.2. The number of fused-ring (bicyclic) bond motifs is 1. The van der Waals surface area contributed by atoms with Gasteiger partial charge < -0.3 is 30.4 Å². The number of nitrogens with zero attached hydrogens (tertiary/aromatic N) is 2. The highest BCUT2D eigenvalue weighted by Crippen LogP contribution is 2.30. The number of H-pyrrole nitrogens is 1. The molecular weight excluding hydrogens is 452 g/mol. The summed E-state index contributed by atoms with van der Waals surface area (Å²) < 4.78 is 5.14. The van der Waals surface area contributed by atoms with E-state index < -0.39 is 5.97 Å². The highest BCUT2D eigenvalue weighted by molar-refractivity contribution is 6.00. The summed E-state index contributed by atoms with van der Waals surface area (Å²) >= 11 is 0. The van der Waals surface area contributed by atoms with E-state index in [2.05, 4.69) is 14.8 Å². The predicted molar refractivity (Wildman–Crippen MR) is 146 cm³/mol. The quantitative estimate of drug-likeness (QED) is 0.456. The van der Waals surface area contributed by atoms with Crippen LogP contribution in [0.4, 0.5) is 0 Å². The first-order chi connectivity index (χ1) is 17.5. The van der Waals surface area contributed by atoms with Crippen molar-refractivity contribution in [3.63, 3.8) is 0 Å². The molecule has 3 aromatic rings. The van der Waals surface area contributed by atoms with Gasteiger partial charge in [-0.05, 0) is 87.3 Å². The smallest absolute Gasteiger partial charge is 0.352 e. The fourth-order valence-corrected chi connectivity index (χ4v) is 5.11. The Balaban J connectivity index is 0.000000174. The third-order valence-corrected chi connectivity index (χ3v) is 7.36. The van der Waals surface area contributed by atoms with Crippen LogP contribution in [0.5, 0.6) is 5.75 Å². The Morgan fingerprint density at radius 2 is 1.61 bits per heavy atom. The first-order valence-electron chi connectivity index (χ1n) is 13.2. The molecule has 0 saturated carbocycles. The number of nitrogens with two attached hydrogens (primary N) is 1. The van der Waals surface area contributed by atoms with Gasteiger partial charge in [0.15, 0.2) is 0 Å². The maximum atomic E-state index is 11.1. The van der Waals surface area contributed by atoms with E-state index in [0.717, 1.165) is 27.8 Å². The summed E-state index contributed by atoms with van der Waals surface area (Å²) in [6.07, 6.45) is 8.08. The number of aromatic carboxylic acids is 1. The summed E-state index contributed by atoms with van der Waals surface area (Å²) in [5.41, 5.74) is 8.95. The number of aromatic nitrogens is 1. The topological polar surface area (TPSA) is 94.8 Å². The number of aromatic amines is 1. The number of piperidine rings is 1. The van der Waals surface area contributed by atoms with Gasteiger partial charge in [0, 0.05) is 30.0 Å². The number of rotatable bonds is 6. The molecule has 0 atom stereocenters. The molecule has 1 aromatic heterocycles. The van der Waals surface area contributed by atoms with Crippen molar-refractivity contribution >= 4 is 16.9 Å². The summed E-state index contributed by atoms with van der Waals surface area (Å²) in [6, 6.07) is 15.6. The number of carboxylic acids is 1. The fourth-order valence-electron chi connectivity index (χ4n) is 5.11. The van der Waals surface area contributed by atoms with Gasteiger partial charge in [-0.1, -0.05) is 37.1 Å². The lowest BCUT2D eigenvalue weighted by atomic mass is 10.0. The zero-order valence-electron chi connectivity index (χ0n) is 21.4. The second-order valence-electron chi connectivity index (χ2n) is 9.92. The summed E-state index contributed by atoms with van der Waals surface area (Å²) in [6.45, 7) is 7.62. The standard InChI is InChI=1S/C16H13NO3.C13H27N3/c1-20-11-7-5-10(6-8-11)12-3-2-4-14-13(12)9-15(17-14)16(18)19;14-13-5-9-16(10-6-13)12-11-15-7-3-1-2-4-8-15/h2-9,17H,1H3,(H,18,19);13H,1-12,14H2. The van der Waals surface area contributed by atoms with E-state index in [-0.39, 0.29) is 5.69 Å². The molecule has 3 heterocycles. The van der Waals surface area contributed by atoms with E-state index in [1.165, 1.54) is 77.8 Å². The highest BCUT2D eigenvalue weighted by Gasteiger charge is 2.17. The van der Waals surface area contributed by atoms with Gasteiger partial charge in [-0.3, -0.25) is 0 Å². The minimum Gasteiger partial charge on any atom is -0.497 e. The number of benzene rings is 2. The lowest BCUT2D eigenvalue weighted by Gasteiger charge is -2.32. The molecule has 2 fully saturated rings. The normalized spacial score (nSPS) is 17.8. The first-order valence-corrected chi connectivity index (χ1v) is 13.2. The second kappa shape index (κ2) is 12.9. The van der Waals surface area contributed by atoms with Crippen LogP contribution in [-0.2, 0) is 0 Å². The van der Waals surface area contributed by atoms with Crippen LogP contribution in [-0.4, -0.2) is 78.3 Å². The van der Waals surface area contributed by atoms with Crippen LogP contribution in [0.15, 0.2) is 48.5 Å². The summed E-state index contributed by atoms with van der Waals surface area (Å²) in [5.74, 6) is -0.164. The third-order valence-electron chi connectivity index (χ3n) is 7.36. The van der Waals surface area contributed by atoms with E-state index in [9.17, 15) is 4.79 Å². The largest absolute Gasteiger partial charge is 0.497 e. The molecule has 7 heteroatoms. The van der Waals surface area contributed by atoms with Crippen LogP contribution in [0.1, 0.15) is 49.0 Å². The monoisotopic (exact) mass is 492 g/mol. The van der Waals surface area contributed by atoms with Crippen molar-refractivity contribution in [1.82, 2.24) is 14.8 Å². The van der Waals surface area contributed by atoms with Gasteiger partial charge in [-0.25, -0.2) is 4.79 Å². The van der Waals surface area contributed by atoms with Gasteiger partial charge in [0.2, 0.25) is 0 Å². The molecule has 2 aliphatic heterocycles. The molecule has 0 aliphatic carbocycles. The van der Waals surface area contributed by atoms with Crippen molar-refractivity contribution in [3.05, 3.63) is 54.2 Å². The maximum absolute atomic E-state index is 11.1. The molecule has 0 unspecified atom stereocenters. The van der Waals surface area contributed by atoms with Crippen LogP contribution in [0.25, 0.3) is 22.0 Å². The van der Waals surface area contributed by atoms with E-state index in [1.807, 2.05) is 42.5 Å². The molecule has 0 spiro atoms. The van der Waals surface area contributed by atoms with Crippen LogP contribution >= 0.6 is 0 Å². The Morgan fingerprint density at radius 3 is 2.22 bits per heavy atom. The van der Waals surface area contributed by atoms with Crippen LogP contribution in [0.2, 0.25) is 0 Å². The molecule has 194 valence electrons. The van der Waals surface area contributed by atoms with Gasteiger partial charge in [-0.15, -0.1) is 0 Å². The Hall–Kier alpha value is -2.87. The number of nitrogens with one attached hydrogen (secondary N) is 1. The Labute approximate surface area is 214 Å². The van der Waals surface area contributed by atoms with Gasteiger partial charge >= 0.3 is 5.97 Å². The van der Waals surface area contributed by atoms with E-state index >= 15 is 0 Å². The van der Waals surface area contributed by atoms with Crippen molar-refractivity contribution in [2.45, 2.75) is 44.6 Å². The van der Waals surface area contributed by atoms with E-state index in [1.54, 1.807) is 13.2 Å². The van der Waals surface area contributed by atoms with Crippen molar-refractivity contribution in [1.29, 1.82) is 0 Å². The first kappa shape index (κ1) is 26.2. The van der Waals surface area contributed by atoms with Gasteiger partial charge in [0.05, 0.1) is 7.11 Å². The average Bonchev–Trinajstić information content (AvgIpc) is 3.19. The Bertz CT molecular complexity index is 1100. The van der Waals surface area contributed by atoms with Gasteiger partial charge in [0.1, 0.15) is 11.4 Å². The maximum Gasteiger partial charge on any atom is 0.352 e. The molecule has 7 nitrogen and oxygen atoms in total. The second-order valence-corrected chi connectivity index (χ2v) is 9.92. The van der Waals surface area contributed by atoms with Crippen molar-refractivity contribution in [2.24, 2.45) is 5.73 Å². The molecule has 4 N–H and O–H groups in total. The van der Waals surface area contributed by atoms with Crippen LogP contribution in [0, 0.1) is 0 Å². The van der Waals surface area contributed by atoms with E-state index in [4.69, 9.17) is 15.6 Å². The predicted octanol–water partition coefficient (Wildman–Crippen LogP) is 4.83. The number of likely N-dealkylation sites (tertiary alicyclic amines) is 2. The third kappa shape index (κ3) is 7.09. The number of ether oxygens (including phenoxy) is 1. The van der Waals surface area contributed by atoms with Crippen molar-refractivity contribution in [3.8, 4) is 16.9 Å². The SMILES string of the molecule is COc1ccc(-c2cccc3[nH]c(C(=O)O)cc23)cc1.NC1CCN(CCN2CCCCCC2)CC1. The number of carboxylic acid groups (broad SMARTS) is 1. The summed E-state index contributed by atoms with van der Waals surface area (Å²) in [7, 11) is 1.63. The highest BCUT2D eigenvalue weighted by atomic mass is 16.5. The molecule has 2 saturated heterocycles.